The number of carboxylic acids is 1. The monoisotopic (exact) mass is 207 g/mol. The number of thioether (sulfide) groups is 1. The summed E-state index contributed by atoms with van der Waals surface area (Å²) in [5.41, 5.74) is 0. The van der Waals surface area contributed by atoms with Crippen molar-refractivity contribution in [2.75, 3.05) is 18.1 Å². The van der Waals surface area contributed by atoms with E-state index in [1.54, 1.807) is 6.92 Å². The predicted molar refractivity (Wildman–Crippen MR) is 49.7 cm³/mol. The fraction of sp³-hybridized carbons (Fsp3) is 0.714. The molecule has 0 rings (SSSR count). The second kappa shape index (κ2) is 6.73. The average Bonchev–Trinajstić information content (AvgIpc) is 2.00. The zero-order valence-corrected chi connectivity index (χ0v) is 8.13. The van der Waals surface area contributed by atoms with Crippen molar-refractivity contribution in [3.63, 3.8) is 0 Å². The lowest BCUT2D eigenvalue weighted by Crippen LogP contribution is -2.32. The highest BCUT2D eigenvalue weighted by Gasteiger charge is 2.04. The summed E-state index contributed by atoms with van der Waals surface area (Å²) in [6.07, 6.45) is -0.576. The molecule has 0 saturated heterocycles. The second-order valence-corrected chi connectivity index (χ2v) is 3.53. The first-order chi connectivity index (χ1) is 6.02. The fourth-order valence-electron chi connectivity index (χ4n) is 0.544. The first kappa shape index (κ1) is 12.2. The van der Waals surface area contributed by atoms with Gasteiger partial charge in [0.25, 0.3) is 0 Å². The maximum atomic E-state index is 10.9. The lowest BCUT2D eigenvalue weighted by atomic mass is 10.4. The molecule has 0 saturated carbocycles. The Balaban J connectivity index is 3.35. The van der Waals surface area contributed by atoms with E-state index in [1.165, 1.54) is 0 Å². The van der Waals surface area contributed by atoms with Gasteiger partial charge in [-0.05, 0) is 6.92 Å². The Morgan fingerprint density at radius 1 is 1.46 bits per heavy atom. The van der Waals surface area contributed by atoms with Crippen LogP contribution in [-0.2, 0) is 9.59 Å². The summed E-state index contributed by atoms with van der Waals surface area (Å²) in [7, 11) is 0. The van der Waals surface area contributed by atoms with Crippen molar-refractivity contribution in [2.24, 2.45) is 0 Å². The minimum Gasteiger partial charge on any atom is -0.481 e. The molecule has 3 N–H and O–H groups in total. The molecule has 0 spiro atoms. The second-order valence-electron chi connectivity index (χ2n) is 2.54. The zero-order chi connectivity index (χ0) is 10.3. The molecule has 0 unspecified atom stereocenters. The summed E-state index contributed by atoms with van der Waals surface area (Å²) in [6, 6.07) is 0. The van der Waals surface area contributed by atoms with Gasteiger partial charge in [0.1, 0.15) is 0 Å². The Hall–Kier alpha value is -0.750. The molecule has 0 heterocycles. The highest BCUT2D eigenvalue weighted by Crippen LogP contribution is 1.97. The van der Waals surface area contributed by atoms with Gasteiger partial charge in [-0.3, -0.25) is 9.59 Å². The molecule has 0 aromatic heterocycles. The van der Waals surface area contributed by atoms with Gasteiger partial charge in [-0.15, -0.1) is 11.8 Å². The maximum absolute atomic E-state index is 10.9. The van der Waals surface area contributed by atoms with Crippen LogP contribution in [0, 0.1) is 0 Å². The summed E-state index contributed by atoms with van der Waals surface area (Å²) in [5.74, 6) is -1.17. The lowest BCUT2D eigenvalue weighted by molar-refractivity contribution is -0.133. The number of rotatable bonds is 6. The van der Waals surface area contributed by atoms with Gasteiger partial charge < -0.3 is 15.5 Å². The molecule has 0 aliphatic carbocycles. The van der Waals surface area contributed by atoms with E-state index in [4.69, 9.17) is 10.2 Å². The van der Waals surface area contributed by atoms with Crippen LogP contribution in [0.1, 0.15) is 6.92 Å². The van der Waals surface area contributed by atoms with Crippen LogP contribution in [0.3, 0.4) is 0 Å². The van der Waals surface area contributed by atoms with Crippen LogP contribution in [0.2, 0.25) is 0 Å². The summed E-state index contributed by atoms with van der Waals surface area (Å²) < 4.78 is 0. The number of carbonyl (C=O) groups excluding carboxylic acids is 1. The SMILES string of the molecule is C[C@@H](O)CNC(=O)CSCC(=O)O. The highest BCUT2D eigenvalue weighted by molar-refractivity contribution is 8.00. The van der Waals surface area contributed by atoms with Gasteiger partial charge >= 0.3 is 5.97 Å². The molecule has 1 atom stereocenters. The molecule has 0 bridgehead atoms. The number of carboxylic acid groups (broad SMARTS) is 1. The third kappa shape index (κ3) is 9.16. The molecular weight excluding hydrogens is 194 g/mol. The number of aliphatic carboxylic acids is 1. The van der Waals surface area contributed by atoms with Crippen molar-refractivity contribution >= 4 is 23.6 Å². The predicted octanol–water partition coefficient (Wildman–Crippen LogP) is -0.699. The van der Waals surface area contributed by atoms with Gasteiger partial charge in [-0.25, -0.2) is 0 Å². The van der Waals surface area contributed by atoms with Gasteiger partial charge in [0.05, 0.1) is 17.6 Å². The van der Waals surface area contributed by atoms with Crippen LogP contribution >= 0.6 is 11.8 Å². The molecule has 6 heteroatoms. The van der Waals surface area contributed by atoms with Crippen molar-refractivity contribution in [1.82, 2.24) is 5.32 Å². The summed E-state index contributed by atoms with van der Waals surface area (Å²) in [5, 5.41) is 19.5. The first-order valence-corrected chi connectivity index (χ1v) is 4.92. The molecule has 0 aromatic rings. The van der Waals surface area contributed by atoms with Gasteiger partial charge in [-0.1, -0.05) is 0 Å². The maximum Gasteiger partial charge on any atom is 0.313 e. The van der Waals surface area contributed by atoms with Crippen LogP contribution in [-0.4, -0.2) is 46.2 Å². The quantitative estimate of drug-likeness (QED) is 0.536. The molecule has 0 fully saturated rings. The molecule has 0 aliphatic heterocycles. The number of aliphatic hydroxyl groups excluding tert-OH is 1. The van der Waals surface area contributed by atoms with Gasteiger partial charge in [-0.2, -0.15) is 0 Å². The van der Waals surface area contributed by atoms with Crippen molar-refractivity contribution in [3.05, 3.63) is 0 Å². The van der Waals surface area contributed by atoms with Gasteiger partial charge in [0.2, 0.25) is 5.91 Å². The Kier molecular flexibility index (Phi) is 6.34. The van der Waals surface area contributed by atoms with E-state index in [2.05, 4.69) is 5.32 Å². The van der Waals surface area contributed by atoms with Crippen molar-refractivity contribution in [1.29, 1.82) is 0 Å². The van der Waals surface area contributed by atoms with Crippen LogP contribution < -0.4 is 5.32 Å². The zero-order valence-electron chi connectivity index (χ0n) is 7.32. The van der Waals surface area contributed by atoms with E-state index in [1.807, 2.05) is 0 Å². The Labute approximate surface area is 80.5 Å². The molecule has 76 valence electrons. The largest absolute Gasteiger partial charge is 0.481 e. The van der Waals surface area contributed by atoms with E-state index in [-0.39, 0.29) is 24.0 Å². The number of hydrogen-bond donors (Lipinski definition) is 3. The van der Waals surface area contributed by atoms with E-state index in [9.17, 15) is 9.59 Å². The van der Waals surface area contributed by atoms with Gasteiger partial charge in [0, 0.05) is 6.54 Å². The number of nitrogens with one attached hydrogen (secondary N) is 1. The minimum absolute atomic E-state index is 0.0813. The summed E-state index contributed by atoms with van der Waals surface area (Å²) in [4.78, 5) is 20.9. The van der Waals surface area contributed by atoms with Crippen LogP contribution in [0.15, 0.2) is 0 Å². The Morgan fingerprint density at radius 2 is 2.08 bits per heavy atom. The number of aliphatic hydroxyl groups is 1. The molecule has 1 amide bonds. The van der Waals surface area contributed by atoms with E-state index in [0.29, 0.717) is 0 Å². The lowest BCUT2D eigenvalue weighted by Gasteiger charge is -2.05. The van der Waals surface area contributed by atoms with Crippen molar-refractivity contribution in [2.45, 2.75) is 13.0 Å². The molecule has 13 heavy (non-hydrogen) atoms. The highest BCUT2D eigenvalue weighted by atomic mass is 32.2. The topological polar surface area (TPSA) is 86.6 Å². The molecule has 5 nitrogen and oxygen atoms in total. The van der Waals surface area contributed by atoms with Crippen molar-refractivity contribution < 1.29 is 19.8 Å². The Bertz CT molecular complexity index is 183. The standard InChI is InChI=1S/C7H13NO4S/c1-5(9)2-8-6(10)3-13-4-7(11)12/h5,9H,2-4H2,1H3,(H,8,10)(H,11,12)/t5-/m1/s1. The first-order valence-electron chi connectivity index (χ1n) is 3.76. The summed E-state index contributed by atoms with van der Waals surface area (Å²) in [6.45, 7) is 1.76. The third-order valence-electron chi connectivity index (χ3n) is 1.05. The number of hydrogen-bond acceptors (Lipinski definition) is 4. The normalized spacial score (nSPS) is 12.2. The number of amides is 1. The van der Waals surface area contributed by atoms with E-state index in [0.717, 1.165) is 11.8 Å². The summed E-state index contributed by atoms with van der Waals surface area (Å²) >= 11 is 1.03. The fourth-order valence-corrected chi connectivity index (χ4v) is 1.11. The molecule has 0 radical (unpaired) electrons. The van der Waals surface area contributed by atoms with E-state index < -0.39 is 12.1 Å². The molecular formula is C7H13NO4S. The van der Waals surface area contributed by atoms with Crippen LogP contribution in [0.4, 0.5) is 0 Å². The van der Waals surface area contributed by atoms with Crippen molar-refractivity contribution in [3.8, 4) is 0 Å². The van der Waals surface area contributed by atoms with Crippen LogP contribution in [0.25, 0.3) is 0 Å². The van der Waals surface area contributed by atoms with Gasteiger partial charge in [0.15, 0.2) is 0 Å². The molecule has 0 aromatic carbocycles. The smallest absolute Gasteiger partial charge is 0.313 e. The third-order valence-corrected chi connectivity index (χ3v) is 1.97. The number of carbonyl (C=O) groups is 2. The molecule has 0 aliphatic rings. The minimum atomic E-state index is -0.937. The average molecular weight is 207 g/mol. The Morgan fingerprint density at radius 3 is 2.54 bits per heavy atom. The van der Waals surface area contributed by atoms with Crippen LogP contribution in [0.5, 0.6) is 0 Å². The van der Waals surface area contributed by atoms with E-state index >= 15 is 0 Å².